The lowest BCUT2D eigenvalue weighted by atomic mass is 9.99. The molecule has 0 saturated heterocycles. The first-order chi connectivity index (χ1) is 8.73. The SMILES string of the molecule is CC(C)(CCC(=O)O)NC(=O)NCCOCC(F)F. The number of carbonyl (C=O) groups is 2. The summed E-state index contributed by atoms with van der Waals surface area (Å²) < 4.78 is 28.0. The normalized spacial score (nSPS) is 11.4. The first-order valence-electron chi connectivity index (χ1n) is 5.86. The maximum Gasteiger partial charge on any atom is 0.315 e. The fourth-order valence-electron chi connectivity index (χ4n) is 1.24. The molecule has 6 nitrogen and oxygen atoms in total. The van der Waals surface area contributed by atoms with Crippen LogP contribution in [-0.2, 0) is 9.53 Å². The standard InChI is InChI=1S/C11H20F2N2O4/c1-11(2,4-3-9(16)17)15-10(18)14-5-6-19-7-8(12)13/h8H,3-7H2,1-2H3,(H,16,17)(H2,14,15,18). The van der Waals surface area contributed by atoms with Crippen LogP contribution >= 0.6 is 0 Å². The van der Waals surface area contributed by atoms with Crippen LogP contribution in [0.1, 0.15) is 26.7 Å². The first kappa shape index (κ1) is 17.6. The molecule has 8 heteroatoms. The van der Waals surface area contributed by atoms with E-state index >= 15 is 0 Å². The Labute approximate surface area is 110 Å². The van der Waals surface area contributed by atoms with Gasteiger partial charge < -0.3 is 20.5 Å². The lowest BCUT2D eigenvalue weighted by molar-refractivity contribution is -0.137. The molecule has 0 rings (SSSR count). The number of aliphatic carboxylic acids is 1. The Bertz CT molecular complexity index is 298. The molecule has 0 aromatic heterocycles. The summed E-state index contributed by atoms with van der Waals surface area (Å²) in [5.41, 5.74) is -0.660. The van der Waals surface area contributed by atoms with E-state index in [4.69, 9.17) is 5.11 Å². The number of hydrogen-bond acceptors (Lipinski definition) is 3. The summed E-state index contributed by atoms with van der Waals surface area (Å²) in [5, 5.41) is 13.6. The van der Waals surface area contributed by atoms with Crippen molar-refractivity contribution in [3.8, 4) is 0 Å². The molecule has 0 aromatic rings. The molecule has 0 aliphatic heterocycles. The van der Waals surface area contributed by atoms with Crippen LogP contribution in [0.25, 0.3) is 0 Å². The molecule has 0 heterocycles. The Hall–Kier alpha value is -1.44. The second-order valence-corrected chi connectivity index (χ2v) is 4.62. The number of carboxylic acids is 1. The topological polar surface area (TPSA) is 87.7 Å². The molecule has 0 atom stereocenters. The van der Waals surface area contributed by atoms with Gasteiger partial charge in [-0.1, -0.05) is 0 Å². The highest BCUT2D eigenvalue weighted by molar-refractivity contribution is 5.74. The van der Waals surface area contributed by atoms with Gasteiger partial charge in [-0.3, -0.25) is 4.79 Å². The minimum Gasteiger partial charge on any atom is -0.481 e. The van der Waals surface area contributed by atoms with Crippen molar-refractivity contribution in [2.45, 2.75) is 38.7 Å². The molecule has 0 unspecified atom stereocenters. The number of ether oxygens (including phenoxy) is 1. The minimum absolute atomic E-state index is 0.00663. The minimum atomic E-state index is -2.52. The molecule has 0 radical (unpaired) electrons. The maximum atomic E-state index is 11.7. The van der Waals surface area contributed by atoms with Crippen molar-refractivity contribution in [2.24, 2.45) is 0 Å². The van der Waals surface area contributed by atoms with Crippen LogP contribution in [0, 0.1) is 0 Å². The van der Waals surface area contributed by atoms with Crippen LogP contribution in [0.4, 0.5) is 13.6 Å². The van der Waals surface area contributed by atoms with Crippen LogP contribution in [0.15, 0.2) is 0 Å². The zero-order chi connectivity index (χ0) is 14.9. The highest BCUT2D eigenvalue weighted by Gasteiger charge is 2.21. The van der Waals surface area contributed by atoms with E-state index in [1.54, 1.807) is 13.8 Å². The van der Waals surface area contributed by atoms with Gasteiger partial charge in [-0.25, -0.2) is 13.6 Å². The summed E-state index contributed by atoms with van der Waals surface area (Å²) in [6.07, 6.45) is -2.29. The van der Waals surface area contributed by atoms with Gasteiger partial charge in [0.2, 0.25) is 0 Å². The van der Waals surface area contributed by atoms with E-state index < -0.39 is 30.6 Å². The predicted octanol–water partition coefficient (Wildman–Crippen LogP) is 1.21. The van der Waals surface area contributed by atoms with E-state index in [0.717, 1.165) is 0 Å². The smallest absolute Gasteiger partial charge is 0.315 e. The summed E-state index contributed by atoms with van der Waals surface area (Å²) in [7, 11) is 0. The average molecular weight is 282 g/mol. The van der Waals surface area contributed by atoms with Gasteiger partial charge in [0.1, 0.15) is 6.61 Å². The summed E-state index contributed by atoms with van der Waals surface area (Å²) >= 11 is 0. The molecule has 0 bridgehead atoms. The van der Waals surface area contributed by atoms with Gasteiger partial charge in [0.05, 0.1) is 6.61 Å². The van der Waals surface area contributed by atoms with Crippen LogP contribution in [-0.4, -0.2) is 48.8 Å². The molecule has 3 N–H and O–H groups in total. The highest BCUT2D eigenvalue weighted by atomic mass is 19.3. The van der Waals surface area contributed by atoms with Crippen molar-refractivity contribution in [3.63, 3.8) is 0 Å². The fraction of sp³-hybridized carbons (Fsp3) is 0.818. The van der Waals surface area contributed by atoms with E-state index in [-0.39, 0.29) is 26.0 Å². The van der Waals surface area contributed by atoms with Gasteiger partial charge in [0, 0.05) is 18.5 Å². The maximum absolute atomic E-state index is 11.7. The summed E-state index contributed by atoms with van der Waals surface area (Å²) in [6, 6.07) is -0.490. The Balaban J connectivity index is 3.74. The van der Waals surface area contributed by atoms with Gasteiger partial charge in [0.25, 0.3) is 6.43 Å². The predicted molar refractivity (Wildman–Crippen MR) is 64.3 cm³/mol. The Morgan fingerprint density at radius 1 is 1.37 bits per heavy atom. The van der Waals surface area contributed by atoms with Gasteiger partial charge in [-0.2, -0.15) is 0 Å². The largest absolute Gasteiger partial charge is 0.481 e. The number of rotatable bonds is 9. The molecule has 0 aromatic carbocycles. The number of carbonyl (C=O) groups excluding carboxylic acids is 1. The molecule has 19 heavy (non-hydrogen) atoms. The Morgan fingerprint density at radius 2 is 2.00 bits per heavy atom. The molecule has 0 aliphatic rings. The third kappa shape index (κ3) is 11.4. The van der Waals surface area contributed by atoms with Gasteiger partial charge in [0.15, 0.2) is 0 Å². The van der Waals surface area contributed by atoms with Crippen LogP contribution < -0.4 is 10.6 Å². The second-order valence-electron chi connectivity index (χ2n) is 4.62. The number of nitrogens with one attached hydrogen (secondary N) is 2. The van der Waals surface area contributed by atoms with Gasteiger partial charge >= 0.3 is 12.0 Å². The zero-order valence-corrected chi connectivity index (χ0v) is 11.0. The molecule has 0 spiro atoms. The number of urea groups is 1. The molecule has 2 amide bonds. The number of alkyl halides is 2. The van der Waals surface area contributed by atoms with Crippen molar-refractivity contribution in [3.05, 3.63) is 0 Å². The summed E-state index contributed by atoms with van der Waals surface area (Å²) in [6.45, 7) is 2.83. The van der Waals surface area contributed by atoms with E-state index in [2.05, 4.69) is 15.4 Å². The van der Waals surface area contributed by atoms with Crippen LogP contribution in [0.3, 0.4) is 0 Å². The third-order valence-corrected chi connectivity index (χ3v) is 2.19. The molecular formula is C11H20F2N2O4. The number of halogens is 2. The van der Waals surface area contributed by atoms with Gasteiger partial charge in [-0.15, -0.1) is 0 Å². The van der Waals surface area contributed by atoms with Crippen LogP contribution in [0.5, 0.6) is 0 Å². The number of hydrogen-bond donors (Lipinski definition) is 3. The van der Waals surface area contributed by atoms with E-state index in [9.17, 15) is 18.4 Å². The van der Waals surface area contributed by atoms with Gasteiger partial charge in [-0.05, 0) is 20.3 Å². The van der Waals surface area contributed by atoms with Crippen molar-refractivity contribution in [2.75, 3.05) is 19.8 Å². The molecule has 0 fully saturated rings. The van der Waals surface area contributed by atoms with Crippen LogP contribution in [0.2, 0.25) is 0 Å². The highest BCUT2D eigenvalue weighted by Crippen LogP contribution is 2.10. The second kappa shape index (κ2) is 8.63. The van der Waals surface area contributed by atoms with Crippen molar-refractivity contribution in [1.82, 2.24) is 10.6 Å². The van der Waals surface area contributed by atoms with E-state index in [1.807, 2.05) is 0 Å². The average Bonchev–Trinajstić information content (AvgIpc) is 2.25. The molecule has 0 saturated carbocycles. The molecular weight excluding hydrogens is 262 g/mol. The Morgan fingerprint density at radius 3 is 2.53 bits per heavy atom. The Kier molecular flexibility index (Phi) is 7.97. The molecule has 112 valence electrons. The number of carboxylic acid groups (broad SMARTS) is 1. The van der Waals surface area contributed by atoms with Crippen molar-refractivity contribution < 1.29 is 28.2 Å². The molecule has 0 aliphatic carbocycles. The summed E-state index contributed by atoms with van der Waals surface area (Å²) in [5.74, 6) is -0.935. The lowest BCUT2D eigenvalue weighted by Gasteiger charge is -2.25. The fourth-order valence-corrected chi connectivity index (χ4v) is 1.24. The summed E-state index contributed by atoms with van der Waals surface area (Å²) in [4.78, 5) is 21.9. The zero-order valence-electron chi connectivity index (χ0n) is 11.0. The quantitative estimate of drug-likeness (QED) is 0.555. The van der Waals surface area contributed by atoms with E-state index in [1.165, 1.54) is 0 Å². The lowest BCUT2D eigenvalue weighted by Crippen LogP contribution is -2.49. The third-order valence-electron chi connectivity index (χ3n) is 2.19. The van der Waals surface area contributed by atoms with E-state index in [0.29, 0.717) is 0 Å². The monoisotopic (exact) mass is 282 g/mol. The first-order valence-corrected chi connectivity index (χ1v) is 5.86. The van der Waals surface area contributed by atoms with Crippen molar-refractivity contribution >= 4 is 12.0 Å². The van der Waals surface area contributed by atoms with Crippen molar-refractivity contribution in [1.29, 1.82) is 0 Å². The number of amides is 2.